The molecule has 4 nitrogen and oxygen atoms in total. The Labute approximate surface area is 300 Å². The highest BCUT2D eigenvalue weighted by Gasteiger charge is 2.38. The number of nitrogens with zero attached hydrogens (tertiary/aromatic N) is 4. The monoisotopic (exact) mass is 714 g/mol. The van der Waals surface area contributed by atoms with E-state index >= 15 is 0 Å². The van der Waals surface area contributed by atoms with Crippen LogP contribution in [0.2, 0.25) is 0 Å². The predicted molar refractivity (Wildman–Crippen MR) is 195 cm³/mol. The maximum absolute atomic E-state index is 14.5. The zero-order chi connectivity index (χ0) is 37.1. The van der Waals surface area contributed by atoms with Crippen LogP contribution in [-0.2, 0) is 12.4 Å². The molecule has 10 heteroatoms. The molecule has 6 aromatic carbocycles. The number of halogens is 6. The zero-order valence-corrected chi connectivity index (χ0v) is 28.3. The van der Waals surface area contributed by atoms with E-state index in [0.717, 1.165) is 50.1 Å². The molecule has 0 fully saturated rings. The van der Waals surface area contributed by atoms with Crippen molar-refractivity contribution in [3.05, 3.63) is 156 Å². The van der Waals surface area contributed by atoms with Gasteiger partial charge in [-0.15, -0.1) is 0 Å². The molecule has 0 atom stereocenters. The van der Waals surface area contributed by atoms with Crippen molar-refractivity contribution in [2.75, 3.05) is 0 Å². The molecule has 262 valence electrons. The van der Waals surface area contributed by atoms with Crippen LogP contribution in [-0.4, -0.2) is 19.5 Å². The molecule has 0 spiro atoms. The van der Waals surface area contributed by atoms with Crippen molar-refractivity contribution >= 4 is 21.8 Å². The standard InChI is InChI=1S/C43H28F6N4/c1-25-13-19-36-33(21-25)34-22-26(2)14-20-37(34)53(36)38-23-29(31-18-16-30(42(44,45)46)24-35(31)43(47,48)49)15-17-32(38)41-51-39(27-9-5-3-6-10-27)50-40(52-41)28-11-7-4-8-12-28/h3-24H,1-2H3. The van der Waals surface area contributed by atoms with Crippen molar-refractivity contribution in [3.8, 4) is 51.0 Å². The summed E-state index contributed by atoms with van der Waals surface area (Å²) in [5, 5.41) is 1.85. The van der Waals surface area contributed by atoms with Crippen LogP contribution < -0.4 is 0 Å². The highest BCUT2D eigenvalue weighted by Crippen LogP contribution is 2.44. The number of hydrogen-bond acceptors (Lipinski definition) is 3. The van der Waals surface area contributed by atoms with Gasteiger partial charge in [0.2, 0.25) is 0 Å². The predicted octanol–water partition coefficient (Wildman–Crippen LogP) is 12.3. The van der Waals surface area contributed by atoms with E-state index in [1.54, 1.807) is 12.1 Å². The lowest BCUT2D eigenvalue weighted by Gasteiger charge is -2.19. The Kier molecular flexibility index (Phi) is 8.13. The first-order chi connectivity index (χ1) is 25.3. The van der Waals surface area contributed by atoms with Crippen molar-refractivity contribution < 1.29 is 26.3 Å². The number of hydrogen-bond donors (Lipinski definition) is 0. The summed E-state index contributed by atoms with van der Waals surface area (Å²) in [4.78, 5) is 14.6. The molecule has 2 aromatic heterocycles. The number of rotatable bonds is 5. The van der Waals surface area contributed by atoms with Gasteiger partial charge in [0.05, 0.1) is 27.8 Å². The van der Waals surface area contributed by atoms with Gasteiger partial charge < -0.3 is 4.57 Å². The van der Waals surface area contributed by atoms with Gasteiger partial charge in [0.15, 0.2) is 17.5 Å². The first-order valence-electron chi connectivity index (χ1n) is 16.7. The second kappa shape index (κ2) is 12.7. The topological polar surface area (TPSA) is 43.6 Å². The summed E-state index contributed by atoms with van der Waals surface area (Å²) in [5.41, 5.74) is 2.87. The van der Waals surface area contributed by atoms with Crippen LogP contribution in [0.1, 0.15) is 22.3 Å². The minimum absolute atomic E-state index is 0.0691. The summed E-state index contributed by atoms with van der Waals surface area (Å²) in [5.74, 6) is 1.04. The molecule has 0 saturated carbocycles. The summed E-state index contributed by atoms with van der Waals surface area (Å²) in [6.07, 6.45) is -10.0. The van der Waals surface area contributed by atoms with Gasteiger partial charge in [-0.2, -0.15) is 26.3 Å². The second-order valence-corrected chi connectivity index (χ2v) is 12.9. The van der Waals surface area contributed by atoms with Gasteiger partial charge >= 0.3 is 12.4 Å². The SMILES string of the molecule is Cc1ccc2c(c1)c1cc(C)ccc1n2-c1cc(-c2ccc(C(F)(F)F)cc2C(F)(F)F)ccc1-c1nc(-c2ccccc2)nc(-c2ccccc2)n1. The van der Waals surface area contributed by atoms with Crippen molar-refractivity contribution in [1.82, 2.24) is 19.5 Å². The molecular weight excluding hydrogens is 686 g/mol. The minimum atomic E-state index is -5.07. The van der Waals surface area contributed by atoms with Gasteiger partial charge in [-0.25, -0.2) is 15.0 Å². The molecule has 0 aliphatic heterocycles. The summed E-state index contributed by atoms with van der Waals surface area (Å²) in [7, 11) is 0. The average molecular weight is 715 g/mol. The van der Waals surface area contributed by atoms with E-state index < -0.39 is 29.0 Å². The van der Waals surface area contributed by atoms with E-state index in [-0.39, 0.29) is 17.5 Å². The zero-order valence-electron chi connectivity index (χ0n) is 28.3. The quantitative estimate of drug-likeness (QED) is 0.167. The van der Waals surface area contributed by atoms with E-state index in [4.69, 9.17) is 15.0 Å². The smallest absolute Gasteiger partial charge is 0.308 e. The van der Waals surface area contributed by atoms with Crippen LogP contribution >= 0.6 is 0 Å². The molecule has 0 bridgehead atoms. The lowest BCUT2D eigenvalue weighted by atomic mass is 9.95. The van der Waals surface area contributed by atoms with Crippen LogP contribution in [0.25, 0.3) is 72.8 Å². The van der Waals surface area contributed by atoms with Crippen molar-refractivity contribution in [2.45, 2.75) is 26.2 Å². The number of aromatic nitrogens is 4. The van der Waals surface area contributed by atoms with Gasteiger partial charge in [-0.05, 0) is 73.5 Å². The van der Waals surface area contributed by atoms with E-state index in [1.165, 1.54) is 6.07 Å². The Bertz CT molecular complexity index is 2550. The van der Waals surface area contributed by atoms with E-state index in [9.17, 15) is 26.3 Å². The van der Waals surface area contributed by atoms with Gasteiger partial charge in [0, 0.05) is 27.5 Å². The molecule has 0 amide bonds. The van der Waals surface area contributed by atoms with E-state index in [1.807, 2.05) is 103 Å². The van der Waals surface area contributed by atoms with Gasteiger partial charge in [0.1, 0.15) is 0 Å². The molecule has 8 rings (SSSR count). The minimum Gasteiger partial charge on any atom is -0.308 e. The first-order valence-corrected chi connectivity index (χ1v) is 16.7. The van der Waals surface area contributed by atoms with Crippen LogP contribution in [0.15, 0.2) is 133 Å². The molecule has 0 aliphatic carbocycles. The Morgan fingerprint density at radius 1 is 0.453 bits per heavy atom. The van der Waals surface area contributed by atoms with Crippen molar-refractivity contribution in [3.63, 3.8) is 0 Å². The summed E-state index contributed by atoms with van der Waals surface area (Å²) in [6, 6.07) is 37.0. The lowest BCUT2D eigenvalue weighted by Crippen LogP contribution is -2.12. The normalized spacial score (nSPS) is 12.2. The largest absolute Gasteiger partial charge is 0.417 e. The highest BCUT2D eigenvalue weighted by atomic mass is 19.4. The van der Waals surface area contributed by atoms with E-state index in [2.05, 4.69) is 12.1 Å². The van der Waals surface area contributed by atoms with Crippen molar-refractivity contribution in [2.24, 2.45) is 0 Å². The third-order valence-corrected chi connectivity index (χ3v) is 9.22. The number of aryl methyl sites for hydroxylation is 2. The first kappa shape index (κ1) is 33.8. The molecule has 0 radical (unpaired) electrons. The fraction of sp³-hybridized carbons (Fsp3) is 0.0930. The van der Waals surface area contributed by atoms with Crippen molar-refractivity contribution in [1.29, 1.82) is 0 Å². The fourth-order valence-electron chi connectivity index (χ4n) is 6.72. The summed E-state index contributed by atoms with van der Waals surface area (Å²) < 4.78 is 86.5. The molecule has 0 unspecified atom stereocenters. The molecule has 0 N–H and O–H groups in total. The van der Waals surface area contributed by atoms with Crippen LogP contribution in [0.5, 0.6) is 0 Å². The number of alkyl halides is 6. The fourth-order valence-corrected chi connectivity index (χ4v) is 6.72. The third kappa shape index (κ3) is 6.30. The Morgan fingerprint density at radius 2 is 0.962 bits per heavy atom. The maximum Gasteiger partial charge on any atom is 0.417 e. The Balaban J connectivity index is 1.47. The third-order valence-electron chi connectivity index (χ3n) is 9.22. The Hall–Kier alpha value is -6.29. The molecule has 0 saturated heterocycles. The average Bonchev–Trinajstić information content (AvgIpc) is 3.46. The van der Waals surface area contributed by atoms with Crippen LogP contribution in [0.3, 0.4) is 0 Å². The van der Waals surface area contributed by atoms with Crippen LogP contribution in [0.4, 0.5) is 26.3 Å². The molecule has 0 aliphatic rings. The molecule has 8 aromatic rings. The molecule has 53 heavy (non-hydrogen) atoms. The highest BCUT2D eigenvalue weighted by molar-refractivity contribution is 6.10. The lowest BCUT2D eigenvalue weighted by molar-refractivity contribution is -0.142. The maximum atomic E-state index is 14.5. The summed E-state index contributed by atoms with van der Waals surface area (Å²) in [6.45, 7) is 3.96. The Morgan fingerprint density at radius 3 is 1.47 bits per heavy atom. The summed E-state index contributed by atoms with van der Waals surface area (Å²) >= 11 is 0. The van der Waals surface area contributed by atoms with Gasteiger partial charge in [-0.1, -0.05) is 96.1 Å². The molecule has 2 heterocycles. The van der Waals surface area contributed by atoms with Crippen LogP contribution in [0, 0.1) is 13.8 Å². The second-order valence-electron chi connectivity index (χ2n) is 12.9. The molecular formula is C43H28F6N4. The number of fused-ring (bicyclic) bond motifs is 3. The number of benzene rings is 6. The van der Waals surface area contributed by atoms with E-state index in [0.29, 0.717) is 29.0 Å². The van der Waals surface area contributed by atoms with Gasteiger partial charge in [-0.3, -0.25) is 0 Å². The van der Waals surface area contributed by atoms with Gasteiger partial charge in [0.25, 0.3) is 0 Å².